The lowest BCUT2D eigenvalue weighted by Gasteiger charge is -2.17. The standard InChI is InChI=1S/C25H26Cl2N4O4/c1-30-14-19(24(32)28-18-9-10-31(13-18)12-16-5-3-2-4-6-16)23(22(30)25(33)29-34)35-15-17-7-8-20(26)21(27)11-17/h2-8,11,14,18,34H,9-10,12-13,15H2,1H3,(H,28,32)(H,29,33). The molecule has 1 fully saturated rings. The Morgan fingerprint density at radius 3 is 2.57 bits per heavy atom. The first-order valence-electron chi connectivity index (χ1n) is 11.1. The third-order valence-electron chi connectivity index (χ3n) is 5.92. The van der Waals surface area contributed by atoms with Gasteiger partial charge in [0.1, 0.15) is 6.61 Å². The lowest BCUT2D eigenvalue weighted by Crippen LogP contribution is -2.37. The second-order valence-corrected chi connectivity index (χ2v) is 9.30. The number of hydrogen-bond donors (Lipinski definition) is 3. The Morgan fingerprint density at radius 2 is 1.86 bits per heavy atom. The van der Waals surface area contributed by atoms with Gasteiger partial charge < -0.3 is 14.6 Å². The summed E-state index contributed by atoms with van der Waals surface area (Å²) in [5.41, 5.74) is 3.77. The second-order valence-electron chi connectivity index (χ2n) is 8.49. The fourth-order valence-corrected chi connectivity index (χ4v) is 4.53. The van der Waals surface area contributed by atoms with Crippen LogP contribution in [0.25, 0.3) is 0 Å². The van der Waals surface area contributed by atoms with Gasteiger partial charge in [0, 0.05) is 38.9 Å². The molecule has 35 heavy (non-hydrogen) atoms. The van der Waals surface area contributed by atoms with Gasteiger partial charge in [0.05, 0.1) is 15.6 Å². The highest BCUT2D eigenvalue weighted by molar-refractivity contribution is 6.42. The summed E-state index contributed by atoms with van der Waals surface area (Å²) < 4.78 is 7.36. The number of hydrogen-bond acceptors (Lipinski definition) is 5. The predicted molar refractivity (Wildman–Crippen MR) is 133 cm³/mol. The molecule has 2 aromatic carbocycles. The summed E-state index contributed by atoms with van der Waals surface area (Å²) in [6.45, 7) is 2.45. The number of benzene rings is 2. The van der Waals surface area contributed by atoms with E-state index in [9.17, 15) is 14.8 Å². The number of carbonyl (C=O) groups is 2. The Morgan fingerprint density at radius 1 is 1.09 bits per heavy atom. The lowest BCUT2D eigenvalue weighted by molar-refractivity contribution is 0.0692. The predicted octanol–water partition coefficient (Wildman–Crippen LogP) is 4.03. The van der Waals surface area contributed by atoms with Gasteiger partial charge in [-0.1, -0.05) is 59.6 Å². The summed E-state index contributed by atoms with van der Waals surface area (Å²) in [5, 5.41) is 13.0. The summed E-state index contributed by atoms with van der Waals surface area (Å²) in [6, 6.07) is 15.2. The number of likely N-dealkylation sites (tertiary alicyclic amines) is 1. The van der Waals surface area contributed by atoms with E-state index in [-0.39, 0.29) is 35.6 Å². The third kappa shape index (κ3) is 5.97. The highest BCUT2D eigenvalue weighted by Crippen LogP contribution is 2.29. The Labute approximate surface area is 213 Å². The number of nitrogens with one attached hydrogen (secondary N) is 2. The molecular weight excluding hydrogens is 491 g/mol. The number of aromatic nitrogens is 1. The van der Waals surface area contributed by atoms with Crippen LogP contribution < -0.4 is 15.5 Å². The zero-order chi connectivity index (χ0) is 24.9. The molecule has 8 nitrogen and oxygen atoms in total. The molecule has 1 aliphatic heterocycles. The van der Waals surface area contributed by atoms with E-state index >= 15 is 0 Å². The molecule has 2 amide bonds. The first kappa shape index (κ1) is 25.1. The summed E-state index contributed by atoms with van der Waals surface area (Å²) in [4.78, 5) is 27.8. The van der Waals surface area contributed by atoms with Crippen molar-refractivity contribution in [1.82, 2.24) is 20.3 Å². The number of ether oxygens (including phenoxy) is 1. The topological polar surface area (TPSA) is 95.8 Å². The van der Waals surface area contributed by atoms with E-state index in [1.165, 1.54) is 16.3 Å². The molecule has 3 aromatic rings. The normalized spacial score (nSPS) is 15.7. The van der Waals surface area contributed by atoms with Crippen LogP contribution >= 0.6 is 23.2 Å². The molecule has 2 heterocycles. The van der Waals surface area contributed by atoms with E-state index in [0.717, 1.165) is 26.1 Å². The summed E-state index contributed by atoms with van der Waals surface area (Å²) in [7, 11) is 1.60. The van der Waals surface area contributed by atoms with E-state index in [0.29, 0.717) is 15.6 Å². The van der Waals surface area contributed by atoms with E-state index in [2.05, 4.69) is 22.3 Å². The first-order chi connectivity index (χ1) is 16.9. The van der Waals surface area contributed by atoms with Gasteiger partial charge in [-0.3, -0.25) is 19.7 Å². The molecule has 0 bridgehead atoms. The number of carbonyl (C=O) groups excluding carboxylic acids is 2. The number of hydroxylamine groups is 1. The van der Waals surface area contributed by atoms with Crippen LogP contribution in [-0.2, 0) is 20.2 Å². The largest absolute Gasteiger partial charge is 0.486 e. The molecule has 1 saturated heterocycles. The van der Waals surface area contributed by atoms with Gasteiger partial charge in [-0.25, -0.2) is 5.48 Å². The maximum atomic E-state index is 13.2. The maximum Gasteiger partial charge on any atom is 0.295 e. The van der Waals surface area contributed by atoms with Gasteiger partial charge in [-0.05, 0) is 29.7 Å². The molecule has 0 radical (unpaired) electrons. The molecule has 1 aromatic heterocycles. The molecule has 10 heteroatoms. The number of nitrogens with zero attached hydrogens (tertiary/aromatic N) is 2. The molecule has 1 atom stereocenters. The summed E-state index contributed by atoms with van der Waals surface area (Å²) in [5.74, 6) is -1.07. The van der Waals surface area contributed by atoms with Crippen LogP contribution in [0, 0.1) is 0 Å². The van der Waals surface area contributed by atoms with Crippen molar-refractivity contribution < 1.29 is 19.5 Å². The van der Waals surface area contributed by atoms with Crippen molar-refractivity contribution in [2.24, 2.45) is 7.05 Å². The van der Waals surface area contributed by atoms with E-state index < -0.39 is 5.91 Å². The highest BCUT2D eigenvalue weighted by atomic mass is 35.5. The Balaban J connectivity index is 1.48. The summed E-state index contributed by atoms with van der Waals surface area (Å²) in [6.07, 6.45) is 2.33. The fourth-order valence-electron chi connectivity index (χ4n) is 4.21. The van der Waals surface area contributed by atoms with Crippen molar-refractivity contribution in [3.8, 4) is 5.75 Å². The Bertz CT molecular complexity index is 1220. The van der Waals surface area contributed by atoms with E-state index in [1.807, 2.05) is 18.2 Å². The molecule has 184 valence electrons. The van der Waals surface area contributed by atoms with Crippen molar-refractivity contribution in [2.75, 3.05) is 13.1 Å². The van der Waals surface area contributed by atoms with Crippen LogP contribution in [0.4, 0.5) is 0 Å². The number of aryl methyl sites for hydroxylation is 1. The molecule has 4 rings (SSSR count). The van der Waals surface area contributed by atoms with Crippen LogP contribution in [0.5, 0.6) is 5.75 Å². The Hall–Kier alpha value is -3.04. The molecule has 0 saturated carbocycles. The minimum absolute atomic E-state index is 0.0230. The van der Waals surface area contributed by atoms with Crippen LogP contribution in [-0.4, -0.2) is 45.6 Å². The monoisotopic (exact) mass is 516 g/mol. The molecule has 0 spiro atoms. The van der Waals surface area contributed by atoms with Gasteiger partial charge >= 0.3 is 0 Å². The lowest BCUT2D eigenvalue weighted by atomic mass is 10.2. The van der Waals surface area contributed by atoms with Gasteiger partial charge in [-0.2, -0.15) is 0 Å². The third-order valence-corrected chi connectivity index (χ3v) is 6.66. The maximum absolute atomic E-state index is 13.2. The minimum atomic E-state index is -0.786. The van der Waals surface area contributed by atoms with Crippen molar-refractivity contribution >= 4 is 35.0 Å². The fraction of sp³-hybridized carbons (Fsp3) is 0.280. The Kier molecular flexibility index (Phi) is 7.97. The minimum Gasteiger partial charge on any atom is -0.486 e. The van der Waals surface area contributed by atoms with Crippen molar-refractivity contribution in [3.63, 3.8) is 0 Å². The van der Waals surface area contributed by atoms with Gasteiger partial charge in [0.25, 0.3) is 11.8 Å². The highest BCUT2D eigenvalue weighted by Gasteiger charge is 2.29. The number of halogens is 2. The average Bonchev–Trinajstić information content (AvgIpc) is 3.43. The van der Waals surface area contributed by atoms with Gasteiger partial charge in [0.2, 0.25) is 0 Å². The first-order valence-corrected chi connectivity index (χ1v) is 11.9. The second kappa shape index (κ2) is 11.1. The van der Waals surface area contributed by atoms with Crippen LogP contribution in [0.2, 0.25) is 10.0 Å². The van der Waals surface area contributed by atoms with Crippen LogP contribution in [0.15, 0.2) is 54.7 Å². The average molecular weight is 517 g/mol. The van der Waals surface area contributed by atoms with Crippen LogP contribution in [0.1, 0.15) is 38.4 Å². The van der Waals surface area contributed by atoms with E-state index in [4.69, 9.17) is 27.9 Å². The smallest absolute Gasteiger partial charge is 0.295 e. The van der Waals surface area contributed by atoms with Crippen molar-refractivity contribution in [2.45, 2.75) is 25.6 Å². The summed E-state index contributed by atoms with van der Waals surface area (Å²) >= 11 is 12.1. The molecule has 1 unspecified atom stereocenters. The van der Waals surface area contributed by atoms with Crippen LogP contribution in [0.3, 0.4) is 0 Å². The molecule has 1 aliphatic rings. The number of rotatable bonds is 8. The molecule has 0 aliphatic carbocycles. The van der Waals surface area contributed by atoms with Crippen molar-refractivity contribution in [3.05, 3.63) is 87.2 Å². The quantitative estimate of drug-likeness (QED) is 0.310. The molecular formula is C25H26Cl2N4O4. The van der Waals surface area contributed by atoms with Gasteiger partial charge in [-0.15, -0.1) is 0 Å². The van der Waals surface area contributed by atoms with Gasteiger partial charge in [0.15, 0.2) is 11.4 Å². The van der Waals surface area contributed by atoms with Crippen molar-refractivity contribution in [1.29, 1.82) is 0 Å². The SMILES string of the molecule is Cn1cc(C(=O)NC2CCN(Cc3ccccc3)C2)c(OCc2ccc(Cl)c(Cl)c2)c1C(=O)NO. The zero-order valence-corrected chi connectivity index (χ0v) is 20.6. The van der Waals surface area contributed by atoms with E-state index in [1.54, 1.807) is 30.7 Å². The molecule has 3 N–H and O–H groups in total. The number of amides is 2. The zero-order valence-electron chi connectivity index (χ0n) is 19.1.